The van der Waals surface area contributed by atoms with Crippen LogP contribution in [0.5, 0.6) is 0 Å². The molecule has 3 N–H and O–H groups in total. The monoisotopic (exact) mass is 275 g/mol. The Hall–Kier alpha value is -1.39. The molecular weight excluding hydrogens is 250 g/mol. The van der Waals surface area contributed by atoms with Gasteiger partial charge in [-0.15, -0.1) is 0 Å². The van der Waals surface area contributed by atoms with E-state index in [9.17, 15) is 4.79 Å². The van der Waals surface area contributed by atoms with Gasteiger partial charge in [-0.25, -0.2) is 0 Å². The van der Waals surface area contributed by atoms with Crippen LogP contribution in [0.1, 0.15) is 32.3 Å². The molecule has 4 heteroatoms. The lowest BCUT2D eigenvalue weighted by molar-refractivity contribution is -0.122. The van der Waals surface area contributed by atoms with Gasteiger partial charge in [0.25, 0.3) is 0 Å². The number of nitrogens with two attached hydrogens (primary N) is 1. The molecule has 0 saturated heterocycles. The Kier molecular flexibility index (Phi) is 5.15. The molecule has 0 fully saturated rings. The minimum Gasteiger partial charge on any atom is -0.330 e. The van der Waals surface area contributed by atoms with Crippen molar-refractivity contribution in [3.8, 4) is 0 Å². The molecule has 2 rings (SSSR count). The van der Waals surface area contributed by atoms with Crippen molar-refractivity contribution in [2.24, 2.45) is 5.73 Å². The highest BCUT2D eigenvalue weighted by Crippen LogP contribution is 2.24. The molecule has 1 heterocycles. The molecular formula is C16H25N3O. The maximum absolute atomic E-state index is 12.5. The number of fused-ring (bicyclic) bond motifs is 1. The fourth-order valence-corrected chi connectivity index (χ4v) is 2.86. The Morgan fingerprint density at radius 1 is 1.40 bits per heavy atom. The number of carbonyl (C=O) groups is 1. The number of amides is 1. The summed E-state index contributed by atoms with van der Waals surface area (Å²) in [6.45, 7) is 5.82. The summed E-state index contributed by atoms with van der Waals surface area (Å²) >= 11 is 0. The van der Waals surface area contributed by atoms with Crippen molar-refractivity contribution in [1.29, 1.82) is 0 Å². The Labute approximate surface area is 121 Å². The Bertz CT molecular complexity index is 459. The number of nitrogens with one attached hydrogen (secondary N) is 1. The summed E-state index contributed by atoms with van der Waals surface area (Å²) in [5.41, 5.74) is 7.80. The van der Waals surface area contributed by atoms with Gasteiger partial charge in [-0.1, -0.05) is 18.2 Å². The molecule has 1 aliphatic rings. The topological polar surface area (TPSA) is 58.4 Å². The molecule has 0 bridgehead atoms. The van der Waals surface area contributed by atoms with E-state index in [1.807, 2.05) is 18.2 Å². The van der Waals surface area contributed by atoms with Crippen molar-refractivity contribution in [1.82, 2.24) is 4.90 Å². The van der Waals surface area contributed by atoms with Gasteiger partial charge in [-0.05, 0) is 51.3 Å². The molecule has 1 aromatic carbocycles. The van der Waals surface area contributed by atoms with Gasteiger partial charge in [-0.2, -0.15) is 0 Å². The van der Waals surface area contributed by atoms with Crippen molar-refractivity contribution in [2.45, 2.75) is 45.2 Å². The van der Waals surface area contributed by atoms with Crippen LogP contribution in [-0.2, 0) is 11.2 Å². The molecule has 1 aromatic rings. The summed E-state index contributed by atoms with van der Waals surface area (Å²) in [6.07, 6.45) is 2.73. The van der Waals surface area contributed by atoms with Gasteiger partial charge in [0.2, 0.25) is 5.91 Å². The average molecular weight is 275 g/mol. The predicted molar refractivity (Wildman–Crippen MR) is 82.7 cm³/mol. The van der Waals surface area contributed by atoms with Gasteiger partial charge < -0.3 is 11.1 Å². The van der Waals surface area contributed by atoms with E-state index < -0.39 is 0 Å². The Balaban J connectivity index is 2.15. The summed E-state index contributed by atoms with van der Waals surface area (Å²) in [4.78, 5) is 14.8. The third-order valence-electron chi connectivity index (χ3n) is 3.95. The Morgan fingerprint density at radius 2 is 2.15 bits per heavy atom. The highest BCUT2D eigenvalue weighted by atomic mass is 16.2. The van der Waals surface area contributed by atoms with Crippen LogP contribution >= 0.6 is 0 Å². The molecule has 1 atom stereocenters. The number of hydrogen-bond donors (Lipinski definition) is 2. The third kappa shape index (κ3) is 3.38. The lowest BCUT2D eigenvalue weighted by atomic mass is 10.0. The van der Waals surface area contributed by atoms with Crippen LogP contribution in [-0.4, -0.2) is 36.0 Å². The molecule has 0 radical (unpaired) electrons. The number of aryl methyl sites for hydroxylation is 1. The van der Waals surface area contributed by atoms with Crippen molar-refractivity contribution >= 4 is 11.6 Å². The van der Waals surface area contributed by atoms with E-state index in [1.54, 1.807) is 0 Å². The number of para-hydroxylation sites is 1. The normalized spacial score (nSPS) is 18.9. The maximum atomic E-state index is 12.5. The summed E-state index contributed by atoms with van der Waals surface area (Å²) in [5, 5.41) is 3.07. The molecule has 0 aromatic heterocycles. The number of carbonyl (C=O) groups excluding carboxylic acids is 1. The van der Waals surface area contributed by atoms with Gasteiger partial charge in [0.1, 0.15) is 0 Å². The average Bonchev–Trinajstić information content (AvgIpc) is 2.58. The van der Waals surface area contributed by atoms with Crippen molar-refractivity contribution < 1.29 is 4.79 Å². The van der Waals surface area contributed by atoms with Crippen LogP contribution in [0.3, 0.4) is 0 Å². The fraction of sp³-hybridized carbons (Fsp3) is 0.562. The first-order valence-electron chi connectivity index (χ1n) is 7.48. The van der Waals surface area contributed by atoms with E-state index in [0.29, 0.717) is 12.6 Å². The molecule has 1 unspecified atom stereocenters. The summed E-state index contributed by atoms with van der Waals surface area (Å²) in [5.74, 6) is 0.112. The largest absolute Gasteiger partial charge is 0.330 e. The highest BCUT2D eigenvalue weighted by molar-refractivity contribution is 5.96. The van der Waals surface area contributed by atoms with E-state index in [0.717, 1.165) is 31.5 Å². The fourth-order valence-electron chi connectivity index (χ4n) is 2.86. The van der Waals surface area contributed by atoms with Crippen LogP contribution in [0.25, 0.3) is 0 Å². The number of hydrogen-bond acceptors (Lipinski definition) is 3. The molecule has 20 heavy (non-hydrogen) atoms. The van der Waals surface area contributed by atoms with Crippen molar-refractivity contribution in [3.63, 3.8) is 0 Å². The zero-order chi connectivity index (χ0) is 14.5. The lowest BCUT2D eigenvalue weighted by Crippen LogP contribution is -2.47. The number of anilines is 1. The number of nitrogens with zero attached hydrogens (tertiary/aromatic N) is 1. The van der Waals surface area contributed by atoms with Gasteiger partial charge in [0.05, 0.1) is 6.04 Å². The third-order valence-corrected chi connectivity index (χ3v) is 3.95. The summed E-state index contributed by atoms with van der Waals surface area (Å²) in [7, 11) is 0. The van der Waals surface area contributed by atoms with Gasteiger partial charge in [0.15, 0.2) is 0 Å². The molecule has 1 amide bonds. The van der Waals surface area contributed by atoms with Crippen LogP contribution in [0, 0.1) is 0 Å². The van der Waals surface area contributed by atoms with Gasteiger partial charge in [0, 0.05) is 18.3 Å². The smallest absolute Gasteiger partial charge is 0.241 e. The standard InChI is InChI=1S/C16H25N3O/c1-12(2)19(11-5-10-17)15-9-8-13-6-3-4-7-14(13)18-16(15)20/h3-4,6-7,12,15H,5,8-11,17H2,1-2H3,(H,18,20). The van der Waals surface area contributed by atoms with Gasteiger partial charge in [-0.3, -0.25) is 9.69 Å². The second-order valence-electron chi connectivity index (χ2n) is 5.67. The van der Waals surface area contributed by atoms with E-state index in [1.165, 1.54) is 5.56 Å². The van der Waals surface area contributed by atoms with Crippen LogP contribution in [0.2, 0.25) is 0 Å². The second kappa shape index (κ2) is 6.86. The first-order chi connectivity index (χ1) is 9.63. The minimum absolute atomic E-state index is 0.0612. The predicted octanol–water partition coefficient (Wildman–Crippen LogP) is 2.00. The molecule has 0 saturated carbocycles. The van der Waals surface area contributed by atoms with Crippen molar-refractivity contribution in [3.05, 3.63) is 29.8 Å². The van der Waals surface area contributed by atoms with Gasteiger partial charge >= 0.3 is 0 Å². The number of rotatable bonds is 5. The quantitative estimate of drug-likeness (QED) is 0.864. The second-order valence-corrected chi connectivity index (χ2v) is 5.67. The van der Waals surface area contributed by atoms with Crippen LogP contribution < -0.4 is 11.1 Å². The molecule has 4 nitrogen and oxygen atoms in total. The van der Waals surface area contributed by atoms with E-state index >= 15 is 0 Å². The zero-order valence-corrected chi connectivity index (χ0v) is 12.4. The Morgan fingerprint density at radius 3 is 2.85 bits per heavy atom. The molecule has 110 valence electrons. The van der Waals surface area contributed by atoms with E-state index in [2.05, 4.69) is 30.1 Å². The first-order valence-corrected chi connectivity index (χ1v) is 7.48. The minimum atomic E-state index is -0.0612. The number of benzene rings is 1. The first kappa shape index (κ1) is 15.0. The van der Waals surface area contributed by atoms with Crippen LogP contribution in [0.15, 0.2) is 24.3 Å². The molecule has 0 aliphatic carbocycles. The summed E-state index contributed by atoms with van der Waals surface area (Å²) < 4.78 is 0. The highest BCUT2D eigenvalue weighted by Gasteiger charge is 2.29. The van der Waals surface area contributed by atoms with Crippen LogP contribution in [0.4, 0.5) is 5.69 Å². The SMILES string of the molecule is CC(C)N(CCCN)C1CCc2ccccc2NC1=O. The lowest BCUT2D eigenvalue weighted by Gasteiger charge is -2.33. The zero-order valence-electron chi connectivity index (χ0n) is 12.4. The maximum Gasteiger partial charge on any atom is 0.241 e. The van der Waals surface area contributed by atoms with E-state index in [4.69, 9.17) is 5.73 Å². The van der Waals surface area contributed by atoms with E-state index in [-0.39, 0.29) is 11.9 Å². The van der Waals surface area contributed by atoms with Crippen molar-refractivity contribution in [2.75, 3.05) is 18.4 Å². The molecule has 1 aliphatic heterocycles. The molecule has 0 spiro atoms. The summed E-state index contributed by atoms with van der Waals surface area (Å²) in [6, 6.07) is 8.35.